The van der Waals surface area contributed by atoms with Crippen LogP contribution in [-0.4, -0.2) is 48.7 Å². The highest BCUT2D eigenvalue weighted by molar-refractivity contribution is 8.17. The van der Waals surface area contributed by atoms with Crippen LogP contribution in [0.15, 0.2) is 88.8 Å². The largest absolute Gasteiger partial charge is 0.493 e. The third kappa shape index (κ3) is 5.68. The average molecular weight is 542 g/mol. The number of nitrogens with one attached hydrogen (secondary N) is 1. The number of amides is 1. The molecule has 198 valence electrons. The molecule has 0 atom stereocenters. The third-order valence-electron chi connectivity index (χ3n) is 5.93. The Morgan fingerprint density at radius 2 is 1.59 bits per heavy atom. The molecule has 0 unspecified atom stereocenters. The van der Waals surface area contributed by atoms with E-state index in [0.29, 0.717) is 53.5 Å². The molecule has 1 N–H and O–H groups in total. The number of amidine groups is 2. The van der Waals surface area contributed by atoms with E-state index in [1.54, 1.807) is 30.2 Å². The molecule has 2 heterocycles. The van der Waals surface area contributed by atoms with E-state index in [0.717, 1.165) is 11.3 Å². The fraction of sp³-hybridized carbons (Fsp3) is 0.167. The maximum atomic E-state index is 12.9. The van der Waals surface area contributed by atoms with Crippen LogP contribution in [0, 0.1) is 5.41 Å². The number of methoxy groups -OCH3 is 1. The van der Waals surface area contributed by atoms with Gasteiger partial charge < -0.3 is 18.9 Å². The second-order valence-electron chi connectivity index (χ2n) is 8.42. The number of fused-ring (bicyclic) bond motifs is 1. The highest BCUT2D eigenvalue weighted by Crippen LogP contribution is 2.38. The van der Waals surface area contributed by atoms with E-state index in [-0.39, 0.29) is 11.4 Å². The van der Waals surface area contributed by atoms with E-state index >= 15 is 0 Å². The van der Waals surface area contributed by atoms with Gasteiger partial charge >= 0.3 is 0 Å². The minimum absolute atomic E-state index is 0.0804. The number of hydrogen-bond donors (Lipinski definition) is 1. The van der Waals surface area contributed by atoms with Gasteiger partial charge in [-0.15, -0.1) is 0 Å². The Morgan fingerprint density at radius 1 is 0.897 bits per heavy atom. The van der Waals surface area contributed by atoms with Crippen molar-refractivity contribution in [2.24, 2.45) is 4.99 Å². The van der Waals surface area contributed by atoms with E-state index < -0.39 is 5.91 Å². The summed E-state index contributed by atoms with van der Waals surface area (Å²) in [5, 5.41) is 11.2. The van der Waals surface area contributed by atoms with Gasteiger partial charge in [-0.3, -0.25) is 15.1 Å². The van der Waals surface area contributed by atoms with Gasteiger partial charge in [-0.1, -0.05) is 60.3 Å². The van der Waals surface area contributed by atoms with Crippen LogP contribution in [0.1, 0.15) is 18.1 Å². The van der Waals surface area contributed by atoms with Crippen LogP contribution in [0.5, 0.6) is 23.0 Å². The lowest BCUT2D eigenvalue weighted by atomic mass is 10.1. The van der Waals surface area contributed by atoms with E-state index in [1.165, 1.54) is 11.8 Å². The van der Waals surface area contributed by atoms with Gasteiger partial charge in [-0.2, -0.15) is 4.99 Å². The molecule has 5 rings (SSSR count). The molecule has 0 aliphatic carbocycles. The number of thioether (sulfide) groups is 1. The molecule has 0 spiro atoms. The predicted molar refractivity (Wildman–Crippen MR) is 154 cm³/mol. The van der Waals surface area contributed by atoms with Crippen molar-refractivity contribution < 1.29 is 23.7 Å². The maximum absolute atomic E-state index is 12.9. The Balaban J connectivity index is 1.32. The number of hydrogen-bond acceptors (Lipinski definition) is 7. The van der Waals surface area contributed by atoms with Crippen LogP contribution in [0.2, 0.25) is 0 Å². The van der Waals surface area contributed by atoms with E-state index in [2.05, 4.69) is 4.99 Å². The average Bonchev–Trinajstić information content (AvgIpc) is 3.39. The predicted octanol–water partition coefficient (Wildman–Crippen LogP) is 5.86. The van der Waals surface area contributed by atoms with Gasteiger partial charge in [-0.25, -0.2) is 0 Å². The number of rotatable bonds is 10. The SMILES string of the molecule is CCOc1cc(/C=C2/C(=N)N3C(c4ccccc4)=CSC3=NC2=O)ccc1OCCOc1ccccc1OC. The molecule has 2 aliphatic heterocycles. The number of carbonyl (C=O) groups excluding carboxylic acids is 1. The first-order valence-corrected chi connectivity index (χ1v) is 13.3. The van der Waals surface area contributed by atoms with Gasteiger partial charge in [0.1, 0.15) is 19.0 Å². The molecule has 3 aromatic rings. The summed E-state index contributed by atoms with van der Waals surface area (Å²) in [6.07, 6.45) is 1.66. The fourth-order valence-corrected chi connectivity index (χ4v) is 5.01. The smallest absolute Gasteiger partial charge is 0.283 e. The van der Waals surface area contributed by atoms with Crippen molar-refractivity contribution in [3.8, 4) is 23.0 Å². The summed E-state index contributed by atoms with van der Waals surface area (Å²) >= 11 is 1.34. The third-order valence-corrected chi connectivity index (χ3v) is 6.76. The van der Waals surface area contributed by atoms with Crippen molar-refractivity contribution in [3.05, 3.63) is 94.9 Å². The van der Waals surface area contributed by atoms with Gasteiger partial charge in [0, 0.05) is 5.41 Å². The van der Waals surface area contributed by atoms with Crippen LogP contribution in [0.4, 0.5) is 0 Å². The number of carbonyl (C=O) groups is 1. The zero-order valence-corrected chi connectivity index (χ0v) is 22.4. The van der Waals surface area contributed by atoms with Crippen LogP contribution >= 0.6 is 11.8 Å². The van der Waals surface area contributed by atoms with Crippen molar-refractivity contribution in [2.45, 2.75) is 6.92 Å². The zero-order chi connectivity index (χ0) is 27.2. The van der Waals surface area contributed by atoms with E-state index in [1.807, 2.05) is 73.0 Å². The second-order valence-corrected chi connectivity index (χ2v) is 9.25. The van der Waals surface area contributed by atoms with Gasteiger partial charge in [0.25, 0.3) is 5.91 Å². The quantitative estimate of drug-likeness (QED) is 0.254. The Bertz CT molecular complexity index is 1480. The molecule has 0 fully saturated rings. The van der Waals surface area contributed by atoms with E-state index in [9.17, 15) is 4.79 Å². The number of nitrogens with zero attached hydrogens (tertiary/aromatic N) is 2. The molecule has 0 bridgehead atoms. The Kier molecular flexibility index (Phi) is 7.98. The summed E-state index contributed by atoms with van der Waals surface area (Å²) in [5.74, 6) is 2.01. The summed E-state index contributed by atoms with van der Waals surface area (Å²) in [6.45, 7) is 2.93. The normalized spacial score (nSPS) is 15.5. The topological polar surface area (TPSA) is 93.4 Å². The minimum Gasteiger partial charge on any atom is -0.493 e. The molecule has 0 radical (unpaired) electrons. The molecule has 0 saturated carbocycles. The lowest BCUT2D eigenvalue weighted by Gasteiger charge is -2.27. The van der Waals surface area contributed by atoms with Gasteiger partial charge in [0.15, 0.2) is 28.2 Å². The summed E-state index contributed by atoms with van der Waals surface area (Å²) in [7, 11) is 1.60. The Hall–Kier alpha value is -4.50. The molecule has 8 nitrogen and oxygen atoms in total. The van der Waals surface area contributed by atoms with Crippen LogP contribution in [0.25, 0.3) is 11.8 Å². The molecule has 39 heavy (non-hydrogen) atoms. The molecule has 1 amide bonds. The molecular formula is C30H27N3O5S. The number of benzene rings is 3. The van der Waals surface area contributed by atoms with Crippen molar-refractivity contribution >= 4 is 40.4 Å². The molecule has 2 aliphatic rings. The Labute approximate surface area is 231 Å². The van der Waals surface area contributed by atoms with E-state index in [4.69, 9.17) is 24.4 Å². The van der Waals surface area contributed by atoms with Crippen molar-refractivity contribution in [1.82, 2.24) is 4.90 Å². The van der Waals surface area contributed by atoms with Crippen LogP contribution < -0.4 is 18.9 Å². The number of aliphatic imine (C=N–C) groups is 1. The van der Waals surface area contributed by atoms with Gasteiger partial charge in [-0.05, 0) is 48.4 Å². The van der Waals surface area contributed by atoms with Gasteiger partial charge in [0.05, 0.1) is 25.0 Å². The minimum atomic E-state index is -0.451. The number of ether oxygens (including phenoxy) is 4. The molecule has 9 heteroatoms. The maximum Gasteiger partial charge on any atom is 0.283 e. The zero-order valence-electron chi connectivity index (χ0n) is 21.5. The van der Waals surface area contributed by atoms with Gasteiger partial charge in [0.2, 0.25) is 0 Å². The van der Waals surface area contributed by atoms with Crippen molar-refractivity contribution in [2.75, 3.05) is 26.9 Å². The molecule has 3 aromatic carbocycles. The highest BCUT2D eigenvalue weighted by atomic mass is 32.2. The standard InChI is InChI=1S/C30H27N3O5S/c1-3-36-27-18-20(13-14-26(27)38-16-15-37-25-12-8-7-11-24(25)35-2)17-22-28(31)33-23(21-9-5-4-6-10-21)19-39-30(33)32-29(22)34/h4-14,17-19,31H,3,15-16H2,1-2H3/b22-17-,31-28?. The lowest BCUT2D eigenvalue weighted by molar-refractivity contribution is -0.114. The van der Waals surface area contributed by atoms with Crippen molar-refractivity contribution in [1.29, 1.82) is 5.41 Å². The first-order chi connectivity index (χ1) is 19.1. The second kappa shape index (κ2) is 11.9. The monoisotopic (exact) mass is 541 g/mol. The Morgan fingerprint density at radius 3 is 2.31 bits per heavy atom. The molecule has 0 aromatic heterocycles. The molecular weight excluding hydrogens is 514 g/mol. The summed E-state index contributed by atoms with van der Waals surface area (Å²) in [5.41, 5.74) is 2.66. The van der Waals surface area contributed by atoms with Crippen molar-refractivity contribution in [3.63, 3.8) is 0 Å². The first kappa shape index (κ1) is 26.1. The van der Waals surface area contributed by atoms with Crippen LogP contribution in [-0.2, 0) is 4.79 Å². The summed E-state index contributed by atoms with van der Waals surface area (Å²) in [6, 6.07) is 22.6. The molecule has 0 saturated heterocycles. The highest BCUT2D eigenvalue weighted by Gasteiger charge is 2.36. The fourth-order valence-electron chi connectivity index (χ4n) is 4.12. The first-order valence-electron chi connectivity index (χ1n) is 12.4. The summed E-state index contributed by atoms with van der Waals surface area (Å²) < 4.78 is 22.8. The lowest BCUT2D eigenvalue weighted by Crippen LogP contribution is -2.38. The van der Waals surface area contributed by atoms with Crippen LogP contribution in [0.3, 0.4) is 0 Å². The summed E-state index contributed by atoms with van der Waals surface area (Å²) in [4.78, 5) is 18.8. The number of para-hydroxylation sites is 2.